The molecule has 3 heterocycles. The number of nitrogens with zero attached hydrogens (tertiary/aromatic N) is 5. The fourth-order valence-corrected chi connectivity index (χ4v) is 3.56. The summed E-state index contributed by atoms with van der Waals surface area (Å²) in [6, 6.07) is 12.5. The van der Waals surface area contributed by atoms with Crippen LogP contribution in [0.3, 0.4) is 0 Å². The number of nitrogens with two attached hydrogens (primary N) is 1. The summed E-state index contributed by atoms with van der Waals surface area (Å²) in [6.45, 7) is 4.05. The Morgan fingerprint density at radius 1 is 1.00 bits per heavy atom. The molecule has 4 rings (SSSR count). The minimum Gasteiger partial charge on any atom is -1.00 e. The maximum atomic E-state index is 5.96. The highest BCUT2D eigenvalue weighted by molar-refractivity contribution is 8.93. The number of imidazole rings is 1. The van der Waals surface area contributed by atoms with Gasteiger partial charge in [-0.1, -0.05) is 30.3 Å². The Morgan fingerprint density at radius 2 is 1.68 bits per heavy atom. The van der Waals surface area contributed by atoms with Gasteiger partial charge in [0.15, 0.2) is 5.69 Å². The van der Waals surface area contributed by atoms with Crippen LogP contribution in [0.25, 0.3) is 17.8 Å². The van der Waals surface area contributed by atoms with Crippen molar-refractivity contribution in [2.45, 2.75) is 19.8 Å². The van der Waals surface area contributed by atoms with Crippen molar-refractivity contribution in [1.29, 1.82) is 0 Å². The van der Waals surface area contributed by atoms with E-state index >= 15 is 0 Å². The number of aromatic nitrogens is 2. The van der Waals surface area contributed by atoms with E-state index in [9.17, 15) is 0 Å². The molecule has 1 aromatic carbocycles. The lowest BCUT2D eigenvalue weighted by Gasteiger charge is -2.13. The molecule has 3 aromatic rings. The van der Waals surface area contributed by atoms with Gasteiger partial charge >= 0.3 is 0 Å². The number of rotatable bonds is 4. The van der Waals surface area contributed by atoms with Crippen LogP contribution in [0.5, 0.6) is 0 Å². The SMILES string of the molecule is Br.Cc1ccc2n(C)c(/C=C/c3ccc(/C=N/N=C(\N)N4CCCC4)cc3)c[n+]2c1.[Br-]. The first-order valence-electron chi connectivity index (χ1n) is 9.97. The fraction of sp³-hybridized carbons (Fsp3) is 0.261. The summed E-state index contributed by atoms with van der Waals surface area (Å²) in [5.41, 5.74) is 11.6. The van der Waals surface area contributed by atoms with Crippen molar-refractivity contribution in [3.8, 4) is 0 Å². The van der Waals surface area contributed by atoms with Crippen LogP contribution in [0, 0.1) is 6.92 Å². The zero-order valence-corrected chi connectivity index (χ0v) is 21.1. The predicted octanol–water partition coefficient (Wildman–Crippen LogP) is 0.569. The molecule has 164 valence electrons. The third kappa shape index (κ3) is 6.04. The van der Waals surface area contributed by atoms with E-state index < -0.39 is 0 Å². The Labute approximate surface area is 204 Å². The van der Waals surface area contributed by atoms with Gasteiger partial charge in [0.25, 0.3) is 5.65 Å². The Hall–Kier alpha value is -2.45. The van der Waals surface area contributed by atoms with Gasteiger partial charge in [-0.15, -0.1) is 22.1 Å². The first kappa shape index (κ1) is 24.8. The van der Waals surface area contributed by atoms with E-state index in [4.69, 9.17) is 5.73 Å². The normalized spacial score (nSPS) is 14.4. The van der Waals surface area contributed by atoms with Crippen LogP contribution in [-0.4, -0.2) is 34.7 Å². The monoisotopic (exact) mass is 546 g/mol. The van der Waals surface area contributed by atoms with Gasteiger partial charge in [0.1, 0.15) is 6.20 Å². The highest BCUT2D eigenvalue weighted by atomic mass is 79.9. The molecule has 1 aliphatic rings. The van der Waals surface area contributed by atoms with Crippen molar-refractivity contribution in [2.75, 3.05) is 13.1 Å². The molecular formula is C23H28Br2N6. The van der Waals surface area contributed by atoms with Gasteiger partial charge < -0.3 is 27.6 Å². The largest absolute Gasteiger partial charge is 1.00 e. The molecule has 1 fully saturated rings. The summed E-state index contributed by atoms with van der Waals surface area (Å²) < 4.78 is 4.34. The second-order valence-corrected chi connectivity index (χ2v) is 7.48. The van der Waals surface area contributed by atoms with Crippen LogP contribution in [0.15, 0.2) is 59.0 Å². The first-order chi connectivity index (χ1) is 14.1. The van der Waals surface area contributed by atoms with Crippen LogP contribution in [0.1, 0.15) is 35.2 Å². The number of halogens is 2. The lowest BCUT2D eigenvalue weighted by Crippen LogP contribution is -3.00. The van der Waals surface area contributed by atoms with Gasteiger partial charge in [-0.05, 0) is 48.6 Å². The fourth-order valence-electron chi connectivity index (χ4n) is 3.56. The molecule has 8 heteroatoms. The quantitative estimate of drug-likeness (QED) is 0.225. The molecule has 0 aliphatic carbocycles. The van der Waals surface area contributed by atoms with Gasteiger partial charge in [0.05, 0.1) is 19.5 Å². The molecule has 0 spiro atoms. The number of aryl methyl sites for hydroxylation is 2. The molecule has 0 radical (unpaired) electrons. The Morgan fingerprint density at radius 3 is 2.39 bits per heavy atom. The highest BCUT2D eigenvalue weighted by Gasteiger charge is 2.13. The van der Waals surface area contributed by atoms with Gasteiger partial charge in [-0.2, -0.15) is 5.10 Å². The van der Waals surface area contributed by atoms with Crippen molar-refractivity contribution in [3.05, 3.63) is 71.2 Å². The minimum absolute atomic E-state index is 0. The number of hydrogen-bond acceptors (Lipinski definition) is 2. The van der Waals surface area contributed by atoms with Crippen molar-refractivity contribution in [1.82, 2.24) is 9.47 Å². The summed E-state index contributed by atoms with van der Waals surface area (Å²) in [6.07, 6.45) is 12.6. The summed E-state index contributed by atoms with van der Waals surface area (Å²) in [4.78, 5) is 2.07. The minimum atomic E-state index is 0. The average molecular weight is 548 g/mol. The third-order valence-electron chi connectivity index (χ3n) is 5.28. The summed E-state index contributed by atoms with van der Waals surface area (Å²) >= 11 is 0. The summed E-state index contributed by atoms with van der Waals surface area (Å²) in [7, 11) is 2.08. The van der Waals surface area contributed by atoms with Crippen LogP contribution >= 0.6 is 17.0 Å². The molecular weight excluding hydrogens is 520 g/mol. The van der Waals surface area contributed by atoms with E-state index in [-0.39, 0.29) is 34.0 Å². The molecule has 1 aliphatic heterocycles. The molecule has 31 heavy (non-hydrogen) atoms. The second-order valence-electron chi connectivity index (χ2n) is 7.48. The lowest BCUT2D eigenvalue weighted by molar-refractivity contribution is -0.511. The zero-order chi connectivity index (χ0) is 20.2. The molecule has 1 saturated heterocycles. The van der Waals surface area contributed by atoms with Gasteiger partial charge in [-0.25, -0.2) is 8.97 Å². The van der Waals surface area contributed by atoms with Crippen LogP contribution in [0.4, 0.5) is 0 Å². The molecule has 6 nitrogen and oxygen atoms in total. The Balaban J connectivity index is 0.00000171. The number of benzene rings is 1. The number of pyridine rings is 1. The zero-order valence-electron chi connectivity index (χ0n) is 17.8. The molecule has 2 N–H and O–H groups in total. The van der Waals surface area contributed by atoms with Gasteiger partial charge in [-0.3, -0.25) is 0 Å². The van der Waals surface area contributed by atoms with Gasteiger partial charge in [0.2, 0.25) is 5.96 Å². The maximum absolute atomic E-state index is 5.96. The molecule has 0 bridgehead atoms. The molecule has 0 saturated carbocycles. The number of fused-ring (bicyclic) bond motifs is 1. The van der Waals surface area contributed by atoms with E-state index in [0.717, 1.165) is 35.6 Å². The van der Waals surface area contributed by atoms with Crippen LogP contribution in [-0.2, 0) is 7.05 Å². The summed E-state index contributed by atoms with van der Waals surface area (Å²) in [5.74, 6) is 0.501. The molecule has 0 unspecified atom stereocenters. The van der Waals surface area contributed by atoms with Crippen molar-refractivity contribution < 1.29 is 21.4 Å². The first-order valence-corrected chi connectivity index (χ1v) is 9.97. The lowest BCUT2D eigenvalue weighted by atomic mass is 10.1. The second kappa shape index (κ2) is 11.2. The smallest absolute Gasteiger partial charge is 0.286 e. The molecule has 2 aromatic heterocycles. The van der Waals surface area contributed by atoms with Crippen molar-refractivity contribution in [2.24, 2.45) is 23.0 Å². The number of likely N-dealkylation sites (tertiary alicyclic amines) is 1. The molecule has 0 atom stereocenters. The van der Waals surface area contributed by atoms with Crippen molar-refractivity contribution in [3.63, 3.8) is 0 Å². The van der Waals surface area contributed by atoms with E-state index in [1.807, 2.05) is 12.1 Å². The van der Waals surface area contributed by atoms with E-state index in [1.165, 1.54) is 18.4 Å². The Bertz CT molecular complexity index is 1090. The predicted molar refractivity (Wildman–Crippen MR) is 129 cm³/mol. The van der Waals surface area contributed by atoms with Crippen LogP contribution < -0.4 is 27.1 Å². The topological polar surface area (TPSA) is 63.0 Å². The standard InChI is InChI=1S/C23H27N6.2BrH/c1-18-5-12-22-27(2)21(17-29(22)16-18)11-10-19-6-8-20(9-7-19)15-25-26-23(24)28-13-3-4-14-28;;/h5-12,15-17H,3-4,13-14H2,1-2H3,(H2,24,26);2*1H/q+1;;/p-1/b11-10+,25-15+;;. The third-order valence-corrected chi connectivity index (χ3v) is 5.28. The molecule has 0 amide bonds. The Kier molecular flexibility index (Phi) is 9.00. The summed E-state index contributed by atoms with van der Waals surface area (Å²) in [5, 5.41) is 8.23. The number of hydrogen-bond donors (Lipinski definition) is 1. The number of guanidine groups is 1. The van der Waals surface area contributed by atoms with E-state index in [0.29, 0.717) is 5.96 Å². The van der Waals surface area contributed by atoms with E-state index in [2.05, 4.69) is 86.9 Å². The highest BCUT2D eigenvalue weighted by Crippen LogP contribution is 2.11. The van der Waals surface area contributed by atoms with Crippen LogP contribution in [0.2, 0.25) is 0 Å². The average Bonchev–Trinajstić information content (AvgIpc) is 3.36. The maximum Gasteiger partial charge on any atom is 0.286 e. The van der Waals surface area contributed by atoms with Gasteiger partial charge in [0, 0.05) is 19.2 Å². The van der Waals surface area contributed by atoms with E-state index in [1.54, 1.807) is 6.21 Å². The van der Waals surface area contributed by atoms with Crippen molar-refractivity contribution >= 4 is 47.0 Å².